The van der Waals surface area contributed by atoms with Gasteiger partial charge < -0.3 is 5.11 Å². The molecule has 3 aliphatic rings. The molecule has 3 atom stereocenters. The van der Waals surface area contributed by atoms with E-state index >= 15 is 0 Å². The number of nitrogens with zero attached hydrogens (tertiary/aromatic N) is 1. The third-order valence-corrected chi connectivity index (χ3v) is 6.05. The van der Waals surface area contributed by atoms with Crippen LogP contribution in [0, 0.1) is 17.3 Å². The fourth-order valence-corrected chi connectivity index (χ4v) is 4.68. The zero-order valence-corrected chi connectivity index (χ0v) is 12.1. The van der Waals surface area contributed by atoms with Crippen LogP contribution in [0.1, 0.15) is 58.8 Å². The van der Waals surface area contributed by atoms with Crippen molar-refractivity contribution in [2.24, 2.45) is 17.3 Å². The summed E-state index contributed by atoms with van der Waals surface area (Å²) in [4.78, 5) is 2.74. The van der Waals surface area contributed by atoms with Crippen molar-refractivity contribution in [3.05, 3.63) is 0 Å². The van der Waals surface area contributed by atoms with Crippen LogP contribution in [0.25, 0.3) is 0 Å². The molecule has 1 N–H and O–H groups in total. The Morgan fingerprint density at radius 2 is 1.94 bits per heavy atom. The summed E-state index contributed by atoms with van der Waals surface area (Å²) in [7, 11) is 0. The van der Waals surface area contributed by atoms with Gasteiger partial charge in [-0.15, -0.1) is 0 Å². The second kappa shape index (κ2) is 4.79. The monoisotopic (exact) mass is 251 g/mol. The molecule has 1 spiro atoms. The minimum atomic E-state index is -0.0389. The maximum atomic E-state index is 10.0. The van der Waals surface area contributed by atoms with Crippen LogP contribution in [0.2, 0.25) is 0 Å². The number of aliphatic hydroxyl groups is 1. The summed E-state index contributed by atoms with van der Waals surface area (Å²) in [5.41, 5.74) is 0.698. The zero-order chi connectivity index (χ0) is 12.8. The Kier molecular flexibility index (Phi) is 3.44. The van der Waals surface area contributed by atoms with Gasteiger partial charge >= 0.3 is 0 Å². The Balaban J connectivity index is 1.68. The molecule has 2 nitrogen and oxygen atoms in total. The summed E-state index contributed by atoms with van der Waals surface area (Å²) in [6.45, 7) is 7.35. The summed E-state index contributed by atoms with van der Waals surface area (Å²) >= 11 is 0. The average molecular weight is 251 g/mol. The van der Waals surface area contributed by atoms with E-state index in [9.17, 15) is 5.11 Å². The highest BCUT2D eigenvalue weighted by Gasteiger charge is 2.46. The van der Waals surface area contributed by atoms with Gasteiger partial charge in [0.1, 0.15) is 0 Å². The highest BCUT2D eigenvalue weighted by Crippen LogP contribution is 2.49. The summed E-state index contributed by atoms with van der Waals surface area (Å²) in [6.07, 6.45) is 9.04. The molecule has 0 bridgehead atoms. The zero-order valence-electron chi connectivity index (χ0n) is 12.1. The van der Waals surface area contributed by atoms with Crippen LogP contribution in [0.3, 0.4) is 0 Å². The van der Waals surface area contributed by atoms with Gasteiger partial charge in [0, 0.05) is 12.6 Å². The molecule has 2 heteroatoms. The van der Waals surface area contributed by atoms with Crippen LogP contribution >= 0.6 is 0 Å². The van der Waals surface area contributed by atoms with Crippen molar-refractivity contribution in [2.75, 3.05) is 13.1 Å². The van der Waals surface area contributed by atoms with Crippen LogP contribution in [-0.2, 0) is 0 Å². The Bertz CT molecular complexity index is 297. The lowest BCUT2D eigenvalue weighted by molar-refractivity contribution is 0.0114. The van der Waals surface area contributed by atoms with Crippen LogP contribution in [-0.4, -0.2) is 35.2 Å². The standard InChI is InChI=1S/C16H29NO/c1-12(2)14-5-4-13(18)10-15(14)17-9-8-16(11-17)6-3-7-16/h12-15,18H,3-11H2,1-2H3. The van der Waals surface area contributed by atoms with E-state index in [1.807, 2.05) is 0 Å². The van der Waals surface area contributed by atoms with Crippen molar-refractivity contribution in [1.82, 2.24) is 4.90 Å². The molecule has 0 radical (unpaired) electrons. The van der Waals surface area contributed by atoms with Gasteiger partial charge in [-0.3, -0.25) is 4.90 Å². The molecule has 2 saturated carbocycles. The Morgan fingerprint density at radius 1 is 1.17 bits per heavy atom. The van der Waals surface area contributed by atoms with Crippen molar-refractivity contribution in [2.45, 2.75) is 70.9 Å². The minimum absolute atomic E-state index is 0.0389. The van der Waals surface area contributed by atoms with Gasteiger partial charge in [-0.2, -0.15) is 0 Å². The molecule has 1 saturated heterocycles. The third kappa shape index (κ3) is 2.22. The van der Waals surface area contributed by atoms with Gasteiger partial charge in [0.25, 0.3) is 0 Å². The quantitative estimate of drug-likeness (QED) is 0.815. The van der Waals surface area contributed by atoms with Crippen LogP contribution < -0.4 is 0 Å². The van der Waals surface area contributed by atoms with E-state index in [1.54, 1.807) is 0 Å². The van der Waals surface area contributed by atoms with Gasteiger partial charge in [0.15, 0.2) is 0 Å². The number of hydrogen-bond acceptors (Lipinski definition) is 2. The molecule has 0 aromatic rings. The molecule has 3 rings (SSSR count). The van der Waals surface area contributed by atoms with E-state index in [0.717, 1.165) is 24.7 Å². The van der Waals surface area contributed by atoms with Crippen molar-refractivity contribution in [1.29, 1.82) is 0 Å². The number of aliphatic hydroxyl groups excluding tert-OH is 1. The molecule has 0 aromatic carbocycles. The molecule has 3 fully saturated rings. The molecule has 1 heterocycles. The summed E-state index contributed by atoms with van der Waals surface area (Å²) in [5.74, 6) is 1.57. The minimum Gasteiger partial charge on any atom is -0.393 e. The topological polar surface area (TPSA) is 23.5 Å². The molecule has 104 valence electrons. The summed E-state index contributed by atoms with van der Waals surface area (Å²) in [6, 6.07) is 0.661. The summed E-state index contributed by atoms with van der Waals surface area (Å²) < 4.78 is 0. The van der Waals surface area contributed by atoms with E-state index in [1.165, 1.54) is 45.2 Å². The fraction of sp³-hybridized carbons (Fsp3) is 1.00. The van der Waals surface area contributed by atoms with Gasteiger partial charge in [-0.25, -0.2) is 0 Å². The Labute approximate surface area is 112 Å². The van der Waals surface area contributed by atoms with E-state index in [-0.39, 0.29) is 6.10 Å². The average Bonchev–Trinajstić information content (AvgIpc) is 2.73. The van der Waals surface area contributed by atoms with Gasteiger partial charge in [-0.1, -0.05) is 20.3 Å². The van der Waals surface area contributed by atoms with Gasteiger partial charge in [0.2, 0.25) is 0 Å². The smallest absolute Gasteiger partial charge is 0.0555 e. The highest BCUT2D eigenvalue weighted by atomic mass is 16.3. The number of hydrogen-bond donors (Lipinski definition) is 1. The SMILES string of the molecule is CC(C)C1CCC(O)CC1N1CCC2(CCC2)C1. The van der Waals surface area contributed by atoms with Gasteiger partial charge in [-0.05, 0) is 62.3 Å². The first kappa shape index (κ1) is 12.9. The number of likely N-dealkylation sites (tertiary alicyclic amines) is 1. The van der Waals surface area contributed by atoms with E-state index < -0.39 is 0 Å². The molecule has 1 aliphatic heterocycles. The number of rotatable bonds is 2. The Hall–Kier alpha value is -0.0800. The van der Waals surface area contributed by atoms with Crippen LogP contribution in [0.5, 0.6) is 0 Å². The van der Waals surface area contributed by atoms with E-state index in [4.69, 9.17) is 0 Å². The van der Waals surface area contributed by atoms with Crippen LogP contribution in [0.4, 0.5) is 0 Å². The highest BCUT2D eigenvalue weighted by molar-refractivity contribution is 5.00. The lowest BCUT2D eigenvalue weighted by Crippen LogP contribution is -2.47. The second-order valence-corrected chi connectivity index (χ2v) is 7.52. The van der Waals surface area contributed by atoms with Crippen molar-refractivity contribution < 1.29 is 5.11 Å². The van der Waals surface area contributed by atoms with Crippen molar-refractivity contribution >= 4 is 0 Å². The second-order valence-electron chi connectivity index (χ2n) is 7.52. The molecule has 2 aliphatic carbocycles. The normalized spacial score (nSPS) is 40.3. The molecule has 3 unspecified atom stereocenters. The van der Waals surface area contributed by atoms with Crippen molar-refractivity contribution in [3.63, 3.8) is 0 Å². The fourth-order valence-electron chi connectivity index (χ4n) is 4.68. The first-order valence-corrected chi connectivity index (χ1v) is 8.02. The predicted octanol–water partition coefficient (Wildman–Crippen LogP) is 3.05. The lowest BCUT2D eigenvalue weighted by Gasteiger charge is -2.44. The van der Waals surface area contributed by atoms with Gasteiger partial charge in [0.05, 0.1) is 6.10 Å². The van der Waals surface area contributed by atoms with E-state index in [2.05, 4.69) is 18.7 Å². The molecule has 0 amide bonds. The third-order valence-electron chi connectivity index (χ3n) is 6.05. The maximum Gasteiger partial charge on any atom is 0.0555 e. The first-order valence-electron chi connectivity index (χ1n) is 8.02. The predicted molar refractivity (Wildman–Crippen MR) is 74.4 cm³/mol. The van der Waals surface area contributed by atoms with Crippen LogP contribution in [0.15, 0.2) is 0 Å². The lowest BCUT2D eigenvalue weighted by atomic mass is 9.68. The van der Waals surface area contributed by atoms with E-state index in [0.29, 0.717) is 11.5 Å². The summed E-state index contributed by atoms with van der Waals surface area (Å²) in [5, 5.41) is 10.0. The maximum absolute atomic E-state index is 10.0. The molecular formula is C16H29NO. The van der Waals surface area contributed by atoms with Crippen molar-refractivity contribution in [3.8, 4) is 0 Å². The molecule has 0 aromatic heterocycles. The largest absolute Gasteiger partial charge is 0.393 e. The molecule has 18 heavy (non-hydrogen) atoms. The first-order chi connectivity index (χ1) is 8.60. The Morgan fingerprint density at radius 3 is 2.50 bits per heavy atom. The molecular weight excluding hydrogens is 222 g/mol.